The molecule has 0 radical (unpaired) electrons. The first-order valence-corrected chi connectivity index (χ1v) is 7.40. The summed E-state index contributed by atoms with van der Waals surface area (Å²) in [5, 5.41) is 4.64. The summed E-state index contributed by atoms with van der Waals surface area (Å²) in [4.78, 5) is 35.7. The predicted molar refractivity (Wildman–Crippen MR) is 89.7 cm³/mol. The lowest BCUT2D eigenvalue weighted by Gasteiger charge is -2.13. The number of benzene rings is 2. The average molecular weight is 326 g/mol. The molecule has 1 atom stereocenters. The van der Waals surface area contributed by atoms with Crippen LogP contribution < -0.4 is 10.6 Å². The van der Waals surface area contributed by atoms with Gasteiger partial charge >= 0.3 is 12.0 Å². The van der Waals surface area contributed by atoms with Gasteiger partial charge in [0.25, 0.3) is 5.91 Å². The minimum absolute atomic E-state index is 0.350. The van der Waals surface area contributed by atoms with Crippen LogP contribution in [-0.4, -0.2) is 24.0 Å². The van der Waals surface area contributed by atoms with Crippen molar-refractivity contribution in [1.82, 2.24) is 5.32 Å². The van der Waals surface area contributed by atoms with E-state index in [1.807, 2.05) is 13.0 Å². The Labute approximate surface area is 139 Å². The van der Waals surface area contributed by atoms with E-state index in [1.165, 1.54) is 6.92 Å². The van der Waals surface area contributed by atoms with Gasteiger partial charge in [0, 0.05) is 5.69 Å². The molecule has 1 unspecified atom stereocenters. The molecule has 0 aliphatic rings. The van der Waals surface area contributed by atoms with Crippen LogP contribution in [0.2, 0.25) is 0 Å². The number of imide groups is 1. The Bertz CT molecular complexity index is 744. The molecule has 6 heteroatoms. The van der Waals surface area contributed by atoms with E-state index in [1.54, 1.807) is 48.5 Å². The summed E-state index contributed by atoms with van der Waals surface area (Å²) in [7, 11) is 0. The predicted octanol–water partition coefficient (Wildman–Crippen LogP) is 2.89. The number of ether oxygens (including phenoxy) is 1. The van der Waals surface area contributed by atoms with Gasteiger partial charge in [-0.15, -0.1) is 0 Å². The van der Waals surface area contributed by atoms with E-state index in [9.17, 15) is 14.4 Å². The zero-order chi connectivity index (χ0) is 17.5. The van der Waals surface area contributed by atoms with Crippen LogP contribution in [0.15, 0.2) is 54.6 Å². The van der Waals surface area contributed by atoms with E-state index in [0.29, 0.717) is 11.3 Å². The lowest BCUT2D eigenvalue weighted by molar-refractivity contribution is -0.127. The van der Waals surface area contributed by atoms with Crippen molar-refractivity contribution in [3.63, 3.8) is 0 Å². The van der Waals surface area contributed by atoms with Crippen LogP contribution >= 0.6 is 0 Å². The highest BCUT2D eigenvalue weighted by molar-refractivity contribution is 6.03. The maximum atomic E-state index is 12.0. The average Bonchev–Trinajstić information content (AvgIpc) is 2.55. The maximum Gasteiger partial charge on any atom is 0.338 e. The standard InChI is InChI=1S/C18H18N2O4/c1-12-7-6-8-14(11-12)17(22)24-13(2)16(21)20-18(23)19-15-9-4-3-5-10-15/h3-11,13H,1-2H3,(H2,19,20,21,23). The van der Waals surface area contributed by atoms with Gasteiger partial charge in [-0.1, -0.05) is 35.9 Å². The molecule has 0 aliphatic carbocycles. The number of carbonyl (C=O) groups is 3. The number of nitrogens with one attached hydrogen (secondary N) is 2. The van der Waals surface area contributed by atoms with Crippen LogP contribution in [0.25, 0.3) is 0 Å². The summed E-state index contributed by atoms with van der Waals surface area (Å²) in [6.45, 7) is 3.25. The molecule has 2 N–H and O–H groups in total. The smallest absolute Gasteiger partial charge is 0.338 e. The molecule has 3 amide bonds. The van der Waals surface area contributed by atoms with Gasteiger partial charge in [0.05, 0.1) is 5.56 Å². The summed E-state index contributed by atoms with van der Waals surface area (Å²) in [6, 6.07) is 14.8. The third-order valence-corrected chi connectivity index (χ3v) is 3.18. The number of hydrogen-bond donors (Lipinski definition) is 2. The normalized spacial score (nSPS) is 11.2. The Morgan fingerprint density at radius 1 is 1.00 bits per heavy atom. The first kappa shape index (κ1) is 17.2. The van der Waals surface area contributed by atoms with Gasteiger partial charge in [-0.25, -0.2) is 9.59 Å². The van der Waals surface area contributed by atoms with Crippen molar-refractivity contribution >= 4 is 23.6 Å². The second kappa shape index (κ2) is 7.92. The number of rotatable bonds is 4. The fourth-order valence-corrected chi connectivity index (χ4v) is 1.95. The van der Waals surface area contributed by atoms with Crippen LogP contribution in [0.1, 0.15) is 22.8 Å². The van der Waals surface area contributed by atoms with Gasteiger partial charge in [-0.05, 0) is 38.1 Å². The zero-order valence-corrected chi connectivity index (χ0v) is 13.4. The number of aryl methyl sites for hydroxylation is 1. The molecule has 0 saturated carbocycles. The quantitative estimate of drug-likeness (QED) is 0.846. The first-order valence-electron chi connectivity index (χ1n) is 7.40. The SMILES string of the molecule is Cc1cccc(C(=O)OC(C)C(=O)NC(=O)Nc2ccccc2)c1. The molecule has 0 bridgehead atoms. The lowest BCUT2D eigenvalue weighted by atomic mass is 10.1. The molecule has 0 aromatic heterocycles. The Morgan fingerprint density at radius 2 is 1.71 bits per heavy atom. The minimum atomic E-state index is -1.10. The molecule has 124 valence electrons. The Morgan fingerprint density at radius 3 is 2.38 bits per heavy atom. The third-order valence-electron chi connectivity index (χ3n) is 3.18. The zero-order valence-electron chi connectivity index (χ0n) is 13.4. The number of para-hydroxylation sites is 1. The molecule has 0 spiro atoms. The van der Waals surface area contributed by atoms with Crippen LogP contribution in [0.5, 0.6) is 0 Å². The molecule has 2 rings (SSSR count). The molecule has 0 heterocycles. The van der Waals surface area contributed by atoms with Crippen molar-refractivity contribution in [3.05, 3.63) is 65.7 Å². The summed E-state index contributed by atoms with van der Waals surface area (Å²) < 4.78 is 5.07. The number of hydrogen-bond acceptors (Lipinski definition) is 4. The van der Waals surface area contributed by atoms with Crippen molar-refractivity contribution in [2.24, 2.45) is 0 Å². The molecule has 6 nitrogen and oxygen atoms in total. The molecular weight excluding hydrogens is 308 g/mol. The van der Waals surface area contributed by atoms with Crippen molar-refractivity contribution in [1.29, 1.82) is 0 Å². The van der Waals surface area contributed by atoms with Gasteiger partial charge in [0.15, 0.2) is 6.10 Å². The lowest BCUT2D eigenvalue weighted by Crippen LogP contribution is -2.41. The molecule has 2 aromatic rings. The monoisotopic (exact) mass is 326 g/mol. The van der Waals surface area contributed by atoms with E-state index in [-0.39, 0.29) is 0 Å². The summed E-state index contributed by atoms with van der Waals surface area (Å²) in [5.41, 5.74) is 1.80. The second-order valence-corrected chi connectivity index (χ2v) is 5.23. The van der Waals surface area contributed by atoms with Crippen LogP contribution in [0, 0.1) is 6.92 Å². The topological polar surface area (TPSA) is 84.5 Å². The van der Waals surface area contributed by atoms with Crippen LogP contribution in [0.4, 0.5) is 10.5 Å². The van der Waals surface area contributed by atoms with Gasteiger partial charge in [-0.2, -0.15) is 0 Å². The van der Waals surface area contributed by atoms with Gasteiger partial charge in [-0.3, -0.25) is 10.1 Å². The summed E-state index contributed by atoms with van der Waals surface area (Å²) >= 11 is 0. The van der Waals surface area contributed by atoms with E-state index in [4.69, 9.17) is 4.74 Å². The first-order chi connectivity index (χ1) is 11.5. The number of amides is 3. The molecule has 24 heavy (non-hydrogen) atoms. The van der Waals surface area contributed by atoms with E-state index in [0.717, 1.165) is 5.56 Å². The van der Waals surface area contributed by atoms with Crippen molar-refractivity contribution in [3.8, 4) is 0 Å². The largest absolute Gasteiger partial charge is 0.449 e. The van der Waals surface area contributed by atoms with Crippen LogP contribution in [0.3, 0.4) is 0 Å². The summed E-state index contributed by atoms with van der Waals surface area (Å²) in [5.74, 6) is -1.32. The summed E-state index contributed by atoms with van der Waals surface area (Å²) in [6.07, 6.45) is -1.10. The highest BCUT2D eigenvalue weighted by Gasteiger charge is 2.20. The van der Waals surface area contributed by atoms with E-state index >= 15 is 0 Å². The fraction of sp³-hybridized carbons (Fsp3) is 0.167. The van der Waals surface area contributed by atoms with E-state index in [2.05, 4.69) is 10.6 Å². The minimum Gasteiger partial charge on any atom is -0.449 e. The van der Waals surface area contributed by atoms with Crippen molar-refractivity contribution in [2.75, 3.05) is 5.32 Å². The fourth-order valence-electron chi connectivity index (χ4n) is 1.95. The van der Waals surface area contributed by atoms with Crippen molar-refractivity contribution in [2.45, 2.75) is 20.0 Å². The Balaban J connectivity index is 1.87. The Kier molecular flexibility index (Phi) is 5.68. The van der Waals surface area contributed by atoms with Gasteiger partial charge < -0.3 is 10.1 Å². The molecular formula is C18H18N2O4. The number of anilines is 1. The Hall–Kier alpha value is -3.15. The molecule has 0 saturated heterocycles. The van der Waals surface area contributed by atoms with Crippen LogP contribution in [-0.2, 0) is 9.53 Å². The van der Waals surface area contributed by atoms with Crippen molar-refractivity contribution < 1.29 is 19.1 Å². The highest BCUT2D eigenvalue weighted by Crippen LogP contribution is 2.08. The maximum absolute atomic E-state index is 12.0. The number of urea groups is 1. The second-order valence-electron chi connectivity index (χ2n) is 5.23. The molecule has 0 aliphatic heterocycles. The molecule has 2 aromatic carbocycles. The molecule has 0 fully saturated rings. The van der Waals surface area contributed by atoms with E-state index < -0.39 is 24.0 Å². The van der Waals surface area contributed by atoms with Gasteiger partial charge in [0.2, 0.25) is 0 Å². The third kappa shape index (κ3) is 4.95. The number of esters is 1. The number of carbonyl (C=O) groups excluding carboxylic acids is 3. The van der Waals surface area contributed by atoms with Gasteiger partial charge in [0.1, 0.15) is 0 Å². The highest BCUT2D eigenvalue weighted by atomic mass is 16.5.